The lowest BCUT2D eigenvalue weighted by atomic mass is 10.0. The van der Waals surface area contributed by atoms with Gasteiger partial charge in [-0.2, -0.15) is 10.4 Å². The van der Waals surface area contributed by atoms with E-state index in [1.807, 2.05) is 72.8 Å². The van der Waals surface area contributed by atoms with Crippen LogP contribution in [0.25, 0.3) is 17.2 Å². The maximum absolute atomic E-state index is 12.2. The van der Waals surface area contributed by atoms with Gasteiger partial charge >= 0.3 is 0 Å². The van der Waals surface area contributed by atoms with Gasteiger partial charge in [0.05, 0.1) is 13.3 Å². The first kappa shape index (κ1) is 19.6. The zero-order chi connectivity index (χ0) is 20.5. The average molecular weight is 381 g/mol. The standard InChI is InChI=1S/C24H19N3O2/c1-29-23-13-9-19(10-14-23)17-26-27-24(28)22(16-25)15-18-7-11-21(12-8-18)20-5-3-2-4-6-20/h2-15,17H,1H3,(H,27,28). The average Bonchev–Trinajstić information content (AvgIpc) is 2.79. The molecule has 0 aromatic heterocycles. The first-order chi connectivity index (χ1) is 14.2. The van der Waals surface area contributed by atoms with Crippen molar-refractivity contribution in [2.24, 2.45) is 5.10 Å². The molecule has 5 nitrogen and oxygen atoms in total. The first-order valence-electron chi connectivity index (χ1n) is 8.94. The van der Waals surface area contributed by atoms with Crippen molar-refractivity contribution in [1.29, 1.82) is 5.26 Å². The number of hydrogen-bond donors (Lipinski definition) is 1. The Morgan fingerprint density at radius 2 is 1.55 bits per heavy atom. The third-order valence-corrected chi connectivity index (χ3v) is 4.19. The molecule has 0 aliphatic rings. The van der Waals surface area contributed by atoms with E-state index in [-0.39, 0.29) is 5.57 Å². The second kappa shape index (κ2) is 9.67. The van der Waals surface area contributed by atoms with E-state index in [4.69, 9.17) is 4.74 Å². The van der Waals surface area contributed by atoms with Crippen LogP contribution in [0, 0.1) is 11.3 Å². The minimum atomic E-state index is -0.565. The van der Waals surface area contributed by atoms with E-state index in [2.05, 4.69) is 10.5 Å². The number of methoxy groups -OCH3 is 1. The summed E-state index contributed by atoms with van der Waals surface area (Å²) in [4.78, 5) is 12.2. The van der Waals surface area contributed by atoms with Crippen molar-refractivity contribution < 1.29 is 9.53 Å². The fraction of sp³-hybridized carbons (Fsp3) is 0.0417. The van der Waals surface area contributed by atoms with Crippen molar-refractivity contribution in [3.8, 4) is 22.9 Å². The summed E-state index contributed by atoms with van der Waals surface area (Å²) in [5.74, 6) is 0.170. The second-order valence-corrected chi connectivity index (χ2v) is 6.13. The van der Waals surface area contributed by atoms with Crippen molar-refractivity contribution in [2.45, 2.75) is 0 Å². The number of carbonyl (C=O) groups excluding carboxylic acids is 1. The van der Waals surface area contributed by atoms with Gasteiger partial charge < -0.3 is 4.74 Å². The molecule has 142 valence electrons. The fourth-order valence-corrected chi connectivity index (χ4v) is 2.63. The molecule has 0 aliphatic carbocycles. The molecule has 0 saturated heterocycles. The van der Waals surface area contributed by atoms with Crippen molar-refractivity contribution >= 4 is 18.2 Å². The molecular formula is C24H19N3O2. The molecule has 1 amide bonds. The number of hydrazone groups is 1. The fourth-order valence-electron chi connectivity index (χ4n) is 2.63. The topological polar surface area (TPSA) is 74.5 Å². The highest BCUT2D eigenvalue weighted by atomic mass is 16.5. The molecule has 0 radical (unpaired) electrons. The van der Waals surface area contributed by atoms with Crippen LogP contribution in [0.4, 0.5) is 0 Å². The van der Waals surface area contributed by atoms with Gasteiger partial charge in [-0.1, -0.05) is 54.6 Å². The largest absolute Gasteiger partial charge is 0.497 e. The number of ether oxygens (including phenoxy) is 1. The van der Waals surface area contributed by atoms with Crippen molar-refractivity contribution in [1.82, 2.24) is 5.43 Å². The Balaban J connectivity index is 1.66. The molecular weight excluding hydrogens is 362 g/mol. The number of benzene rings is 3. The van der Waals surface area contributed by atoms with Gasteiger partial charge in [0, 0.05) is 0 Å². The molecule has 0 bridgehead atoms. The summed E-state index contributed by atoms with van der Waals surface area (Å²) in [5, 5.41) is 13.2. The maximum atomic E-state index is 12.2. The summed E-state index contributed by atoms with van der Waals surface area (Å²) < 4.78 is 5.09. The van der Waals surface area contributed by atoms with E-state index in [9.17, 15) is 10.1 Å². The van der Waals surface area contributed by atoms with E-state index in [1.54, 1.807) is 19.2 Å². The van der Waals surface area contributed by atoms with Crippen molar-refractivity contribution in [3.05, 3.63) is 95.6 Å². The summed E-state index contributed by atoms with van der Waals surface area (Å²) >= 11 is 0. The maximum Gasteiger partial charge on any atom is 0.282 e. The predicted octanol–water partition coefficient (Wildman–Crippen LogP) is 4.42. The van der Waals surface area contributed by atoms with Gasteiger partial charge in [-0.15, -0.1) is 0 Å². The van der Waals surface area contributed by atoms with Crippen LogP contribution in [-0.4, -0.2) is 19.2 Å². The molecule has 3 aromatic rings. The number of carbonyl (C=O) groups is 1. The molecule has 0 heterocycles. The third-order valence-electron chi connectivity index (χ3n) is 4.19. The third kappa shape index (κ3) is 5.41. The van der Waals surface area contributed by atoms with Gasteiger partial charge in [0.25, 0.3) is 5.91 Å². The SMILES string of the molecule is COc1ccc(C=NNC(=O)C(C#N)=Cc2ccc(-c3ccccc3)cc2)cc1. The Morgan fingerprint density at radius 1 is 0.931 bits per heavy atom. The highest BCUT2D eigenvalue weighted by Gasteiger charge is 2.08. The zero-order valence-electron chi connectivity index (χ0n) is 15.9. The lowest BCUT2D eigenvalue weighted by Crippen LogP contribution is -2.19. The molecule has 0 spiro atoms. The number of nitrogens with zero attached hydrogens (tertiary/aromatic N) is 2. The smallest absolute Gasteiger partial charge is 0.282 e. The van der Waals surface area contributed by atoms with E-state index in [0.29, 0.717) is 0 Å². The van der Waals surface area contributed by atoms with Gasteiger partial charge in [-0.05, 0) is 52.6 Å². The number of amides is 1. The Morgan fingerprint density at radius 3 is 2.17 bits per heavy atom. The van der Waals surface area contributed by atoms with Crippen LogP contribution in [-0.2, 0) is 4.79 Å². The minimum Gasteiger partial charge on any atom is -0.497 e. The molecule has 0 atom stereocenters. The highest BCUT2D eigenvalue weighted by Crippen LogP contribution is 2.20. The zero-order valence-corrected chi connectivity index (χ0v) is 15.9. The summed E-state index contributed by atoms with van der Waals surface area (Å²) in [7, 11) is 1.59. The number of nitrogens with one attached hydrogen (secondary N) is 1. The monoisotopic (exact) mass is 381 g/mol. The lowest BCUT2D eigenvalue weighted by molar-refractivity contribution is -0.117. The van der Waals surface area contributed by atoms with Crippen LogP contribution in [0.5, 0.6) is 5.75 Å². The van der Waals surface area contributed by atoms with Crippen LogP contribution >= 0.6 is 0 Å². The van der Waals surface area contributed by atoms with E-state index in [0.717, 1.165) is 28.0 Å². The van der Waals surface area contributed by atoms with Gasteiger partial charge in [0.1, 0.15) is 17.4 Å². The number of hydrogen-bond acceptors (Lipinski definition) is 4. The van der Waals surface area contributed by atoms with Gasteiger partial charge in [-0.3, -0.25) is 4.79 Å². The molecule has 3 rings (SSSR count). The predicted molar refractivity (Wildman–Crippen MR) is 114 cm³/mol. The quantitative estimate of drug-likeness (QED) is 0.297. The van der Waals surface area contributed by atoms with E-state index in [1.165, 1.54) is 12.3 Å². The summed E-state index contributed by atoms with van der Waals surface area (Å²) in [6.45, 7) is 0. The Bertz CT molecular complexity index is 1060. The molecule has 0 unspecified atom stereocenters. The van der Waals surface area contributed by atoms with Gasteiger partial charge in [-0.25, -0.2) is 5.43 Å². The van der Waals surface area contributed by atoms with Crippen molar-refractivity contribution in [3.63, 3.8) is 0 Å². The van der Waals surface area contributed by atoms with Crippen LogP contribution in [0.2, 0.25) is 0 Å². The number of rotatable bonds is 6. The normalized spacial score (nSPS) is 11.1. The van der Waals surface area contributed by atoms with Gasteiger partial charge in [0.2, 0.25) is 0 Å². The second-order valence-electron chi connectivity index (χ2n) is 6.13. The van der Waals surface area contributed by atoms with E-state index < -0.39 is 5.91 Å². The molecule has 0 saturated carbocycles. The summed E-state index contributed by atoms with van der Waals surface area (Å²) in [5.41, 5.74) is 6.08. The molecule has 29 heavy (non-hydrogen) atoms. The molecule has 0 fully saturated rings. The Kier molecular flexibility index (Phi) is 6.53. The van der Waals surface area contributed by atoms with Crippen LogP contribution in [0.3, 0.4) is 0 Å². The Hall–Kier alpha value is -4.17. The lowest BCUT2D eigenvalue weighted by Gasteiger charge is -2.03. The first-order valence-corrected chi connectivity index (χ1v) is 8.94. The molecule has 3 aromatic carbocycles. The number of nitriles is 1. The van der Waals surface area contributed by atoms with E-state index >= 15 is 0 Å². The molecule has 1 N–H and O–H groups in total. The van der Waals surface area contributed by atoms with Gasteiger partial charge in [0.15, 0.2) is 0 Å². The minimum absolute atomic E-state index is 0.0238. The molecule has 5 heteroatoms. The Labute approximate surface area is 169 Å². The van der Waals surface area contributed by atoms with Crippen LogP contribution < -0.4 is 10.2 Å². The highest BCUT2D eigenvalue weighted by molar-refractivity contribution is 6.02. The summed E-state index contributed by atoms with van der Waals surface area (Å²) in [6.07, 6.45) is 3.04. The van der Waals surface area contributed by atoms with Crippen molar-refractivity contribution in [2.75, 3.05) is 7.11 Å². The van der Waals surface area contributed by atoms with Crippen LogP contribution in [0.1, 0.15) is 11.1 Å². The molecule has 0 aliphatic heterocycles. The van der Waals surface area contributed by atoms with Crippen LogP contribution in [0.15, 0.2) is 89.5 Å². The summed E-state index contributed by atoms with van der Waals surface area (Å²) in [6, 6.07) is 26.8.